The summed E-state index contributed by atoms with van der Waals surface area (Å²) in [5, 5.41) is 2.72. The Bertz CT molecular complexity index is 1010. The van der Waals surface area contributed by atoms with Crippen molar-refractivity contribution in [3.05, 3.63) is 41.4 Å². The third-order valence-corrected chi connectivity index (χ3v) is 4.92. The Morgan fingerprint density at radius 1 is 1.24 bits per heavy atom. The van der Waals surface area contributed by atoms with Crippen molar-refractivity contribution in [1.82, 2.24) is 9.55 Å². The van der Waals surface area contributed by atoms with Gasteiger partial charge in [-0.2, -0.15) is 0 Å². The van der Waals surface area contributed by atoms with Gasteiger partial charge in [0.05, 0.1) is 15.7 Å². The summed E-state index contributed by atoms with van der Waals surface area (Å²) in [6, 6.07) is 12.4. The van der Waals surface area contributed by atoms with E-state index < -0.39 is 5.91 Å². The van der Waals surface area contributed by atoms with Gasteiger partial charge >= 0.3 is 0 Å². The van der Waals surface area contributed by atoms with Gasteiger partial charge in [0, 0.05) is 22.8 Å². The lowest BCUT2D eigenvalue weighted by Gasteiger charge is -2.01. The van der Waals surface area contributed by atoms with Gasteiger partial charge in [0.15, 0.2) is 5.01 Å². The number of amides is 1. The molecule has 0 spiro atoms. The molecule has 21 heavy (non-hydrogen) atoms. The number of thiazole rings is 1. The summed E-state index contributed by atoms with van der Waals surface area (Å²) in [4.78, 5) is 15.7. The van der Waals surface area contributed by atoms with Crippen LogP contribution >= 0.6 is 11.3 Å². The first-order valence-electron chi connectivity index (χ1n) is 6.81. The van der Waals surface area contributed by atoms with E-state index in [-0.39, 0.29) is 0 Å². The molecule has 4 rings (SSSR count). The molecule has 0 fully saturated rings. The third kappa shape index (κ3) is 1.61. The normalized spacial score (nSPS) is 11.7. The third-order valence-electron chi connectivity index (χ3n) is 3.82. The van der Waals surface area contributed by atoms with Gasteiger partial charge in [-0.1, -0.05) is 18.2 Å². The van der Waals surface area contributed by atoms with Crippen molar-refractivity contribution in [3.8, 4) is 0 Å². The van der Waals surface area contributed by atoms with Crippen LogP contribution in [0.25, 0.3) is 32.0 Å². The minimum atomic E-state index is -0.469. The number of para-hydroxylation sites is 1. The van der Waals surface area contributed by atoms with Gasteiger partial charge in [0.1, 0.15) is 0 Å². The van der Waals surface area contributed by atoms with Gasteiger partial charge in [0.2, 0.25) is 0 Å². The smallest absolute Gasteiger partial charge is 0.277 e. The SMILES string of the molecule is CCn1c2ccccc2c2c3sc(C(N)=O)nc3ccc21. The van der Waals surface area contributed by atoms with Crippen LogP contribution in [0.4, 0.5) is 0 Å². The first kappa shape index (κ1) is 12.3. The van der Waals surface area contributed by atoms with Gasteiger partial charge < -0.3 is 10.3 Å². The van der Waals surface area contributed by atoms with Crippen LogP contribution in [0, 0.1) is 0 Å². The number of carbonyl (C=O) groups is 1. The predicted octanol–water partition coefficient (Wildman–Crippen LogP) is 3.52. The second kappa shape index (κ2) is 4.30. The molecule has 0 radical (unpaired) electrons. The van der Waals surface area contributed by atoms with Crippen LogP contribution in [0.2, 0.25) is 0 Å². The lowest BCUT2D eigenvalue weighted by Crippen LogP contribution is -2.09. The molecule has 0 unspecified atom stereocenters. The number of hydrogen-bond donors (Lipinski definition) is 1. The molecule has 0 aliphatic rings. The fourth-order valence-corrected chi connectivity index (χ4v) is 3.94. The molecular formula is C16H13N3OS. The number of fused-ring (bicyclic) bond motifs is 5. The van der Waals surface area contributed by atoms with Crippen LogP contribution in [0.3, 0.4) is 0 Å². The summed E-state index contributed by atoms with van der Waals surface area (Å²) < 4.78 is 3.32. The van der Waals surface area contributed by atoms with Gasteiger partial charge in [-0.25, -0.2) is 4.98 Å². The largest absolute Gasteiger partial charge is 0.364 e. The van der Waals surface area contributed by atoms with Gasteiger partial charge in [-0.05, 0) is 25.1 Å². The van der Waals surface area contributed by atoms with Crippen molar-refractivity contribution in [3.63, 3.8) is 0 Å². The molecule has 0 saturated carbocycles. The monoisotopic (exact) mass is 295 g/mol. The van der Waals surface area contributed by atoms with Crippen molar-refractivity contribution < 1.29 is 4.79 Å². The Balaban J connectivity index is 2.27. The summed E-state index contributed by atoms with van der Waals surface area (Å²) >= 11 is 1.37. The quantitative estimate of drug-likeness (QED) is 0.615. The molecule has 1 amide bonds. The van der Waals surface area contributed by atoms with E-state index in [1.165, 1.54) is 27.8 Å². The maximum absolute atomic E-state index is 11.4. The van der Waals surface area contributed by atoms with Crippen LogP contribution in [0.1, 0.15) is 16.7 Å². The molecule has 0 saturated heterocycles. The molecule has 0 aliphatic heterocycles. The zero-order valence-corrected chi connectivity index (χ0v) is 12.3. The van der Waals surface area contributed by atoms with E-state index in [1.807, 2.05) is 18.2 Å². The zero-order valence-electron chi connectivity index (χ0n) is 11.5. The summed E-state index contributed by atoms with van der Waals surface area (Å²) in [6.45, 7) is 3.04. The molecule has 0 bridgehead atoms. The molecule has 4 nitrogen and oxygen atoms in total. The number of nitrogens with two attached hydrogens (primary N) is 1. The highest BCUT2D eigenvalue weighted by molar-refractivity contribution is 7.21. The van der Waals surface area contributed by atoms with Crippen LogP contribution in [-0.4, -0.2) is 15.5 Å². The maximum atomic E-state index is 11.4. The Kier molecular flexibility index (Phi) is 2.53. The summed E-state index contributed by atoms with van der Waals surface area (Å²) in [6.07, 6.45) is 0. The van der Waals surface area contributed by atoms with E-state index in [4.69, 9.17) is 5.73 Å². The maximum Gasteiger partial charge on any atom is 0.277 e. The minimum absolute atomic E-state index is 0.367. The molecule has 2 aromatic carbocycles. The Morgan fingerprint density at radius 3 is 2.81 bits per heavy atom. The summed E-state index contributed by atoms with van der Waals surface area (Å²) in [5.74, 6) is -0.469. The number of nitrogens with zero attached hydrogens (tertiary/aromatic N) is 2. The van der Waals surface area contributed by atoms with Crippen molar-refractivity contribution in [2.45, 2.75) is 13.5 Å². The van der Waals surface area contributed by atoms with Crippen LogP contribution < -0.4 is 5.73 Å². The van der Waals surface area contributed by atoms with E-state index in [1.54, 1.807) is 0 Å². The van der Waals surface area contributed by atoms with Crippen LogP contribution in [0.15, 0.2) is 36.4 Å². The van der Waals surface area contributed by atoms with E-state index >= 15 is 0 Å². The molecule has 2 aromatic heterocycles. The van der Waals surface area contributed by atoms with E-state index in [2.05, 4.69) is 34.7 Å². The molecule has 0 atom stereocenters. The average Bonchev–Trinajstić information content (AvgIpc) is 3.05. The molecule has 104 valence electrons. The van der Waals surface area contributed by atoms with Crippen molar-refractivity contribution >= 4 is 49.3 Å². The van der Waals surface area contributed by atoms with Gasteiger partial charge in [-0.15, -0.1) is 11.3 Å². The Morgan fingerprint density at radius 2 is 2.05 bits per heavy atom. The van der Waals surface area contributed by atoms with Gasteiger partial charge in [-0.3, -0.25) is 4.79 Å². The van der Waals surface area contributed by atoms with E-state index in [0.29, 0.717) is 5.01 Å². The second-order valence-corrected chi connectivity index (χ2v) is 5.95. The van der Waals surface area contributed by atoms with E-state index in [0.717, 1.165) is 22.1 Å². The van der Waals surface area contributed by atoms with Crippen molar-refractivity contribution in [1.29, 1.82) is 0 Å². The number of carbonyl (C=O) groups excluding carboxylic acids is 1. The number of hydrogen-bond acceptors (Lipinski definition) is 3. The molecule has 5 heteroatoms. The fourth-order valence-electron chi connectivity index (χ4n) is 2.96. The fraction of sp³-hybridized carbons (Fsp3) is 0.125. The summed E-state index contributed by atoms with van der Waals surface area (Å²) in [5.41, 5.74) is 8.58. The second-order valence-electron chi connectivity index (χ2n) is 4.95. The highest BCUT2D eigenvalue weighted by atomic mass is 32.1. The summed E-state index contributed by atoms with van der Waals surface area (Å²) in [7, 11) is 0. The molecule has 0 aliphatic carbocycles. The van der Waals surface area contributed by atoms with Crippen molar-refractivity contribution in [2.75, 3.05) is 0 Å². The number of rotatable bonds is 2. The molecular weight excluding hydrogens is 282 g/mol. The molecule has 4 aromatic rings. The standard InChI is InChI=1S/C16H13N3OS/c1-2-19-11-6-4-3-5-9(11)13-12(19)8-7-10-14(13)21-16(18-10)15(17)20/h3-8H,2H2,1H3,(H2,17,20). The molecule has 2 heterocycles. The zero-order chi connectivity index (χ0) is 14.6. The van der Waals surface area contributed by atoms with E-state index in [9.17, 15) is 4.79 Å². The van der Waals surface area contributed by atoms with Crippen molar-refractivity contribution in [2.24, 2.45) is 5.73 Å². The Hall–Kier alpha value is -2.40. The van der Waals surface area contributed by atoms with Crippen LogP contribution in [0.5, 0.6) is 0 Å². The first-order chi connectivity index (χ1) is 10.2. The van der Waals surface area contributed by atoms with Gasteiger partial charge in [0.25, 0.3) is 5.91 Å². The lowest BCUT2D eigenvalue weighted by atomic mass is 10.1. The first-order valence-corrected chi connectivity index (χ1v) is 7.62. The average molecular weight is 295 g/mol. The highest BCUT2D eigenvalue weighted by Gasteiger charge is 2.16. The highest BCUT2D eigenvalue weighted by Crippen LogP contribution is 2.37. The minimum Gasteiger partial charge on any atom is -0.364 e. The number of benzene rings is 2. The lowest BCUT2D eigenvalue weighted by molar-refractivity contribution is 0.1000. The molecule has 2 N–H and O–H groups in total. The van der Waals surface area contributed by atoms with Crippen LogP contribution in [-0.2, 0) is 6.54 Å². The predicted molar refractivity (Wildman–Crippen MR) is 86.8 cm³/mol. The number of primary amides is 1. The number of aryl methyl sites for hydroxylation is 1. The topological polar surface area (TPSA) is 60.9 Å². The number of aromatic nitrogens is 2. The Labute approximate surface area is 124 Å².